The number of methoxy groups -OCH3 is 1. The Hall–Kier alpha value is -0.370. The lowest BCUT2D eigenvalue weighted by Crippen LogP contribution is -2.35. The zero-order chi connectivity index (χ0) is 10.7. The smallest absolute Gasteiger partial charge is 0.133 e. The second-order valence-electron chi connectivity index (χ2n) is 5.12. The Balaban J connectivity index is 1.97. The molecule has 3 atom stereocenters. The zero-order valence-corrected chi connectivity index (χ0v) is 9.71. The summed E-state index contributed by atoms with van der Waals surface area (Å²) in [5.74, 6) is 1.76. The molecule has 0 saturated heterocycles. The summed E-state index contributed by atoms with van der Waals surface area (Å²) in [6.45, 7) is 0. The Kier molecular flexibility index (Phi) is 3.79. The highest BCUT2D eigenvalue weighted by molar-refractivity contribution is 5.79. The second-order valence-corrected chi connectivity index (χ2v) is 5.12. The first-order valence-electron chi connectivity index (χ1n) is 6.35. The number of rotatable bonds is 2. The molecule has 86 valence electrons. The topological polar surface area (TPSA) is 26.3 Å². The van der Waals surface area contributed by atoms with Crippen LogP contribution in [0.4, 0.5) is 0 Å². The van der Waals surface area contributed by atoms with Crippen LogP contribution in [-0.4, -0.2) is 19.0 Å². The van der Waals surface area contributed by atoms with E-state index in [2.05, 4.69) is 0 Å². The Morgan fingerprint density at radius 2 is 1.93 bits per heavy atom. The number of carbonyl (C=O) groups excluding carboxylic acids is 1. The third-order valence-electron chi connectivity index (χ3n) is 4.18. The third-order valence-corrected chi connectivity index (χ3v) is 4.18. The molecule has 2 fully saturated rings. The first kappa shape index (κ1) is 11.1. The molecule has 0 aromatic carbocycles. The molecule has 2 rings (SSSR count). The Morgan fingerprint density at radius 1 is 1.13 bits per heavy atom. The van der Waals surface area contributed by atoms with Crippen LogP contribution < -0.4 is 0 Å². The SMILES string of the molecule is COC1CCCCC1C1CCCC(=O)C1. The molecular weight excluding hydrogens is 188 g/mol. The van der Waals surface area contributed by atoms with Gasteiger partial charge in [0.1, 0.15) is 5.78 Å². The summed E-state index contributed by atoms with van der Waals surface area (Å²) in [6.07, 6.45) is 9.53. The van der Waals surface area contributed by atoms with E-state index in [4.69, 9.17) is 4.74 Å². The molecule has 0 aromatic heterocycles. The van der Waals surface area contributed by atoms with Gasteiger partial charge in [-0.3, -0.25) is 4.79 Å². The maximum Gasteiger partial charge on any atom is 0.133 e. The Labute approximate surface area is 92.4 Å². The molecule has 0 N–H and O–H groups in total. The standard InChI is InChI=1S/C13H22O2/c1-15-13-8-3-2-7-12(13)10-5-4-6-11(14)9-10/h10,12-13H,2-9H2,1H3. The van der Waals surface area contributed by atoms with Gasteiger partial charge in [0.25, 0.3) is 0 Å². The summed E-state index contributed by atoms with van der Waals surface area (Å²) < 4.78 is 5.58. The maximum atomic E-state index is 11.5. The maximum absolute atomic E-state index is 11.5. The van der Waals surface area contributed by atoms with E-state index in [1.165, 1.54) is 32.1 Å². The molecule has 0 radical (unpaired) electrons. The normalized spacial score (nSPS) is 37.9. The van der Waals surface area contributed by atoms with E-state index in [0.29, 0.717) is 23.7 Å². The van der Waals surface area contributed by atoms with Gasteiger partial charge in [0.15, 0.2) is 0 Å². The molecule has 3 unspecified atom stereocenters. The van der Waals surface area contributed by atoms with E-state index in [1.807, 2.05) is 7.11 Å². The quantitative estimate of drug-likeness (QED) is 0.700. The molecule has 0 aliphatic heterocycles. The molecule has 2 saturated carbocycles. The number of Topliss-reactive ketones (excluding diaryl/α,β-unsaturated/α-hetero) is 1. The van der Waals surface area contributed by atoms with Crippen LogP contribution in [0.15, 0.2) is 0 Å². The van der Waals surface area contributed by atoms with E-state index in [0.717, 1.165) is 19.3 Å². The number of ketones is 1. The van der Waals surface area contributed by atoms with Gasteiger partial charge in [0.05, 0.1) is 6.10 Å². The molecule has 0 aromatic rings. The van der Waals surface area contributed by atoms with Crippen molar-refractivity contribution in [2.24, 2.45) is 11.8 Å². The molecule has 2 aliphatic carbocycles. The third kappa shape index (κ3) is 2.60. The van der Waals surface area contributed by atoms with Crippen molar-refractivity contribution >= 4 is 5.78 Å². The van der Waals surface area contributed by atoms with Gasteiger partial charge in [-0.1, -0.05) is 12.8 Å². The van der Waals surface area contributed by atoms with Gasteiger partial charge in [-0.05, 0) is 37.5 Å². The second kappa shape index (κ2) is 5.11. The molecule has 0 bridgehead atoms. The zero-order valence-electron chi connectivity index (χ0n) is 9.71. The van der Waals surface area contributed by atoms with E-state index >= 15 is 0 Å². The van der Waals surface area contributed by atoms with Gasteiger partial charge in [0.2, 0.25) is 0 Å². The van der Waals surface area contributed by atoms with Gasteiger partial charge in [0, 0.05) is 20.0 Å². The predicted octanol–water partition coefficient (Wildman–Crippen LogP) is 2.95. The van der Waals surface area contributed by atoms with Crippen LogP contribution in [0.25, 0.3) is 0 Å². The largest absolute Gasteiger partial charge is 0.381 e. The van der Waals surface area contributed by atoms with Gasteiger partial charge in [-0.2, -0.15) is 0 Å². The summed E-state index contributed by atoms with van der Waals surface area (Å²) in [6, 6.07) is 0. The fourth-order valence-electron chi connectivity index (χ4n) is 3.38. The van der Waals surface area contributed by atoms with Gasteiger partial charge < -0.3 is 4.74 Å². The van der Waals surface area contributed by atoms with Crippen molar-refractivity contribution in [3.8, 4) is 0 Å². The molecule has 2 nitrogen and oxygen atoms in total. The summed E-state index contributed by atoms with van der Waals surface area (Å²) in [7, 11) is 1.83. The van der Waals surface area contributed by atoms with Crippen molar-refractivity contribution in [3.63, 3.8) is 0 Å². The molecule has 0 heterocycles. The highest BCUT2D eigenvalue weighted by Gasteiger charge is 2.34. The van der Waals surface area contributed by atoms with E-state index in [9.17, 15) is 4.79 Å². The molecular formula is C13H22O2. The number of ether oxygens (including phenoxy) is 1. The van der Waals surface area contributed by atoms with E-state index < -0.39 is 0 Å². The predicted molar refractivity (Wildman–Crippen MR) is 59.7 cm³/mol. The van der Waals surface area contributed by atoms with Crippen molar-refractivity contribution < 1.29 is 9.53 Å². The lowest BCUT2D eigenvalue weighted by Gasteiger charge is -2.37. The monoisotopic (exact) mass is 210 g/mol. The summed E-state index contributed by atoms with van der Waals surface area (Å²) >= 11 is 0. The average molecular weight is 210 g/mol. The fourth-order valence-corrected chi connectivity index (χ4v) is 3.38. The minimum Gasteiger partial charge on any atom is -0.381 e. The van der Waals surface area contributed by atoms with Crippen molar-refractivity contribution in [2.45, 2.75) is 57.5 Å². The molecule has 0 amide bonds. The van der Waals surface area contributed by atoms with Gasteiger partial charge >= 0.3 is 0 Å². The van der Waals surface area contributed by atoms with Crippen LogP contribution in [0.3, 0.4) is 0 Å². The lowest BCUT2D eigenvalue weighted by atomic mass is 9.71. The molecule has 2 heteroatoms. The van der Waals surface area contributed by atoms with Crippen LogP contribution in [0, 0.1) is 11.8 Å². The van der Waals surface area contributed by atoms with Gasteiger partial charge in [-0.25, -0.2) is 0 Å². The van der Waals surface area contributed by atoms with Crippen LogP contribution in [0.5, 0.6) is 0 Å². The Morgan fingerprint density at radius 3 is 2.67 bits per heavy atom. The minimum absolute atomic E-state index is 0.426. The van der Waals surface area contributed by atoms with Crippen molar-refractivity contribution in [1.29, 1.82) is 0 Å². The lowest BCUT2D eigenvalue weighted by molar-refractivity contribution is -0.123. The van der Waals surface area contributed by atoms with Crippen LogP contribution in [0.2, 0.25) is 0 Å². The fraction of sp³-hybridized carbons (Fsp3) is 0.923. The van der Waals surface area contributed by atoms with Crippen LogP contribution >= 0.6 is 0 Å². The summed E-state index contributed by atoms with van der Waals surface area (Å²) in [5, 5.41) is 0. The highest BCUT2D eigenvalue weighted by Crippen LogP contribution is 2.38. The molecule has 15 heavy (non-hydrogen) atoms. The number of hydrogen-bond acceptors (Lipinski definition) is 2. The van der Waals surface area contributed by atoms with Crippen LogP contribution in [0.1, 0.15) is 51.4 Å². The highest BCUT2D eigenvalue weighted by atomic mass is 16.5. The summed E-state index contributed by atoms with van der Waals surface area (Å²) in [5.41, 5.74) is 0. The van der Waals surface area contributed by atoms with Gasteiger partial charge in [-0.15, -0.1) is 0 Å². The van der Waals surface area contributed by atoms with Crippen molar-refractivity contribution in [2.75, 3.05) is 7.11 Å². The van der Waals surface area contributed by atoms with Crippen LogP contribution in [-0.2, 0) is 9.53 Å². The first-order valence-corrected chi connectivity index (χ1v) is 6.35. The molecule has 2 aliphatic rings. The van der Waals surface area contributed by atoms with Crippen molar-refractivity contribution in [3.05, 3.63) is 0 Å². The van der Waals surface area contributed by atoms with E-state index in [1.54, 1.807) is 0 Å². The Bertz CT molecular complexity index is 225. The van der Waals surface area contributed by atoms with E-state index in [-0.39, 0.29) is 0 Å². The minimum atomic E-state index is 0.426. The summed E-state index contributed by atoms with van der Waals surface area (Å²) in [4.78, 5) is 11.5. The molecule has 0 spiro atoms. The average Bonchev–Trinajstić information content (AvgIpc) is 2.29. The number of hydrogen-bond donors (Lipinski definition) is 0. The number of carbonyl (C=O) groups is 1. The van der Waals surface area contributed by atoms with Crippen molar-refractivity contribution in [1.82, 2.24) is 0 Å². The first-order chi connectivity index (χ1) is 7.31.